The Morgan fingerprint density at radius 3 is 2.58 bits per heavy atom. The van der Waals surface area contributed by atoms with Gasteiger partial charge < -0.3 is 14.2 Å². The van der Waals surface area contributed by atoms with Crippen LogP contribution in [0.2, 0.25) is 10.0 Å². The van der Waals surface area contributed by atoms with Crippen molar-refractivity contribution < 1.29 is 23.4 Å². The van der Waals surface area contributed by atoms with Crippen LogP contribution in [-0.2, 0) is 16.1 Å². The molecule has 168 valence electrons. The first-order valence-electron chi connectivity index (χ1n) is 10.0. The Balaban J connectivity index is 1.61. The maximum Gasteiger partial charge on any atom is 0.363 e. The van der Waals surface area contributed by atoms with Crippen LogP contribution < -0.4 is 9.47 Å². The van der Waals surface area contributed by atoms with Crippen molar-refractivity contribution in [1.82, 2.24) is 0 Å². The van der Waals surface area contributed by atoms with Crippen LogP contribution in [0.15, 0.2) is 71.4 Å². The number of hydrogen-bond acceptors (Lipinski definition) is 5. The summed E-state index contributed by atoms with van der Waals surface area (Å²) in [4.78, 5) is 16.5. The van der Waals surface area contributed by atoms with Crippen molar-refractivity contribution in [3.05, 3.63) is 98.9 Å². The van der Waals surface area contributed by atoms with Crippen LogP contribution in [0.4, 0.5) is 4.39 Å². The van der Waals surface area contributed by atoms with Crippen molar-refractivity contribution in [1.29, 1.82) is 0 Å². The van der Waals surface area contributed by atoms with Gasteiger partial charge in [-0.1, -0.05) is 35.3 Å². The van der Waals surface area contributed by atoms with Crippen LogP contribution in [0.1, 0.15) is 23.6 Å². The van der Waals surface area contributed by atoms with Gasteiger partial charge in [0.2, 0.25) is 5.90 Å². The maximum absolute atomic E-state index is 13.2. The van der Waals surface area contributed by atoms with Crippen LogP contribution in [0.25, 0.3) is 6.08 Å². The average molecular weight is 486 g/mol. The number of cyclic esters (lactones) is 1. The second-order valence-electron chi connectivity index (χ2n) is 7.02. The molecule has 0 saturated carbocycles. The number of aliphatic imine (C=N–C) groups is 1. The van der Waals surface area contributed by atoms with Crippen molar-refractivity contribution in [3.8, 4) is 11.5 Å². The Bertz CT molecular complexity index is 1260. The lowest BCUT2D eigenvalue weighted by atomic mass is 10.1. The molecule has 33 heavy (non-hydrogen) atoms. The number of nitrogens with zero attached hydrogens (tertiary/aromatic N) is 1. The summed E-state index contributed by atoms with van der Waals surface area (Å²) < 4.78 is 30.0. The van der Waals surface area contributed by atoms with Crippen molar-refractivity contribution in [2.75, 3.05) is 6.61 Å². The highest BCUT2D eigenvalue weighted by molar-refractivity contribution is 6.32. The van der Waals surface area contributed by atoms with Gasteiger partial charge in [0.15, 0.2) is 17.2 Å². The molecule has 8 heteroatoms. The Labute approximate surface area is 200 Å². The lowest BCUT2D eigenvalue weighted by Crippen LogP contribution is -2.05. The third kappa shape index (κ3) is 5.53. The number of hydrogen-bond donors (Lipinski definition) is 0. The first-order valence-corrected chi connectivity index (χ1v) is 10.8. The van der Waals surface area contributed by atoms with Crippen LogP contribution in [0.5, 0.6) is 11.5 Å². The predicted octanol–water partition coefficient (Wildman–Crippen LogP) is 6.45. The fourth-order valence-electron chi connectivity index (χ4n) is 3.14. The molecule has 3 aromatic carbocycles. The Morgan fingerprint density at radius 1 is 1.06 bits per heavy atom. The lowest BCUT2D eigenvalue weighted by molar-refractivity contribution is -0.129. The summed E-state index contributed by atoms with van der Waals surface area (Å²) in [5.74, 6) is -0.109. The molecule has 0 bridgehead atoms. The van der Waals surface area contributed by atoms with Gasteiger partial charge in [0.05, 0.1) is 11.6 Å². The van der Waals surface area contributed by atoms with Gasteiger partial charge in [-0.2, -0.15) is 0 Å². The predicted molar refractivity (Wildman–Crippen MR) is 125 cm³/mol. The number of ether oxygens (including phenoxy) is 3. The third-order valence-electron chi connectivity index (χ3n) is 4.62. The molecular formula is C25H18Cl2FNO4. The van der Waals surface area contributed by atoms with Gasteiger partial charge in [-0.15, -0.1) is 0 Å². The van der Waals surface area contributed by atoms with Crippen molar-refractivity contribution in [2.45, 2.75) is 13.5 Å². The molecule has 1 aliphatic heterocycles. The average Bonchev–Trinajstić information content (AvgIpc) is 3.14. The minimum Gasteiger partial charge on any atom is -0.490 e. The zero-order chi connectivity index (χ0) is 23.4. The molecule has 0 atom stereocenters. The smallest absolute Gasteiger partial charge is 0.363 e. The number of rotatable bonds is 7. The molecule has 1 heterocycles. The van der Waals surface area contributed by atoms with E-state index in [1.165, 1.54) is 30.3 Å². The largest absolute Gasteiger partial charge is 0.490 e. The van der Waals surface area contributed by atoms with E-state index in [1.807, 2.05) is 19.1 Å². The second kappa shape index (κ2) is 10.1. The highest BCUT2D eigenvalue weighted by atomic mass is 35.5. The molecular weight excluding hydrogens is 468 g/mol. The van der Waals surface area contributed by atoms with Crippen molar-refractivity contribution >= 4 is 41.1 Å². The minimum atomic E-state index is -0.621. The highest BCUT2D eigenvalue weighted by Gasteiger charge is 2.24. The molecule has 0 aliphatic carbocycles. The fourth-order valence-corrected chi connectivity index (χ4v) is 3.63. The first-order chi connectivity index (χ1) is 15.9. The molecule has 0 aromatic heterocycles. The Kier molecular flexibility index (Phi) is 6.96. The number of halogens is 3. The number of benzene rings is 3. The van der Waals surface area contributed by atoms with E-state index in [2.05, 4.69) is 4.99 Å². The zero-order valence-corrected chi connectivity index (χ0v) is 19.0. The minimum absolute atomic E-state index is 0.0837. The van der Waals surface area contributed by atoms with Gasteiger partial charge in [0.25, 0.3) is 0 Å². The van der Waals surface area contributed by atoms with E-state index < -0.39 is 11.8 Å². The monoisotopic (exact) mass is 485 g/mol. The molecule has 4 rings (SSSR count). The summed E-state index contributed by atoms with van der Waals surface area (Å²) in [6.45, 7) is 2.48. The van der Waals surface area contributed by atoms with Crippen LogP contribution in [0, 0.1) is 5.82 Å². The standard InChI is InChI=1S/C25H18Cl2FNO4/c1-2-31-22-13-16(11-20(27)23(22)32-14-15-4-3-5-18(26)10-15)12-21-25(30)33-24(29-21)17-6-8-19(28)9-7-17/h3-13H,2,14H2,1H3. The summed E-state index contributed by atoms with van der Waals surface area (Å²) in [6.07, 6.45) is 1.54. The van der Waals surface area contributed by atoms with Crippen LogP contribution in [0.3, 0.4) is 0 Å². The van der Waals surface area contributed by atoms with Gasteiger partial charge in [-0.05, 0) is 72.7 Å². The summed E-state index contributed by atoms with van der Waals surface area (Å²) in [7, 11) is 0. The molecule has 0 amide bonds. The quantitative estimate of drug-likeness (QED) is 0.284. The summed E-state index contributed by atoms with van der Waals surface area (Å²) in [5, 5.41) is 0.919. The van der Waals surface area contributed by atoms with Gasteiger partial charge in [0.1, 0.15) is 12.4 Å². The van der Waals surface area contributed by atoms with E-state index in [0.29, 0.717) is 39.3 Å². The molecule has 5 nitrogen and oxygen atoms in total. The van der Waals surface area contributed by atoms with E-state index in [0.717, 1.165) is 5.56 Å². The number of esters is 1. The molecule has 1 aliphatic rings. The first kappa shape index (κ1) is 22.8. The van der Waals surface area contributed by atoms with E-state index in [4.69, 9.17) is 37.4 Å². The number of carbonyl (C=O) groups is 1. The maximum atomic E-state index is 13.2. The van der Waals surface area contributed by atoms with E-state index in [1.54, 1.807) is 24.3 Å². The molecule has 0 fully saturated rings. The van der Waals surface area contributed by atoms with Gasteiger partial charge in [0, 0.05) is 10.6 Å². The molecule has 0 radical (unpaired) electrons. The van der Waals surface area contributed by atoms with E-state index >= 15 is 0 Å². The highest BCUT2D eigenvalue weighted by Crippen LogP contribution is 2.38. The fraction of sp³-hybridized carbons (Fsp3) is 0.120. The van der Waals surface area contributed by atoms with Crippen LogP contribution in [-0.4, -0.2) is 18.5 Å². The summed E-state index contributed by atoms with van der Waals surface area (Å²) in [6, 6.07) is 16.2. The SMILES string of the molecule is CCOc1cc(C=C2N=C(c3ccc(F)cc3)OC2=O)cc(Cl)c1OCc1cccc(Cl)c1. The molecule has 0 N–H and O–H groups in total. The second-order valence-corrected chi connectivity index (χ2v) is 7.87. The lowest BCUT2D eigenvalue weighted by Gasteiger charge is -2.14. The topological polar surface area (TPSA) is 57.1 Å². The van der Waals surface area contributed by atoms with Crippen molar-refractivity contribution in [3.63, 3.8) is 0 Å². The van der Waals surface area contributed by atoms with Crippen molar-refractivity contribution in [2.24, 2.45) is 4.99 Å². The molecule has 0 saturated heterocycles. The van der Waals surface area contributed by atoms with Gasteiger partial charge in [-0.3, -0.25) is 0 Å². The van der Waals surface area contributed by atoms with Crippen LogP contribution >= 0.6 is 23.2 Å². The third-order valence-corrected chi connectivity index (χ3v) is 5.13. The Morgan fingerprint density at radius 2 is 1.85 bits per heavy atom. The zero-order valence-electron chi connectivity index (χ0n) is 17.5. The normalized spacial score (nSPS) is 14.2. The Hall–Kier alpha value is -3.35. The van der Waals surface area contributed by atoms with Gasteiger partial charge in [-0.25, -0.2) is 14.2 Å². The van der Waals surface area contributed by atoms with E-state index in [-0.39, 0.29) is 18.2 Å². The molecule has 0 unspecified atom stereocenters. The summed E-state index contributed by atoms with van der Waals surface area (Å²) in [5.41, 5.74) is 2.03. The summed E-state index contributed by atoms with van der Waals surface area (Å²) >= 11 is 12.5. The number of carbonyl (C=O) groups excluding carboxylic acids is 1. The molecule has 0 spiro atoms. The van der Waals surface area contributed by atoms with Gasteiger partial charge >= 0.3 is 5.97 Å². The van der Waals surface area contributed by atoms with E-state index in [9.17, 15) is 9.18 Å². The molecule has 3 aromatic rings.